The fourth-order valence-electron chi connectivity index (χ4n) is 2.18. The zero-order chi connectivity index (χ0) is 13.9. The van der Waals surface area contributed by atoms with Crippen molar-refractivity contribution < 1.29 is 19.4 Å². The Hall–Kier alpha value is -2.31. The van der Waals surface area contributed by atoms with Crippen LogP contribution in [0.5, 0.6) is 0 Å². The Kier molecular flexibility index (Phi) is 3.55. The Morgan fingerprint density at radius 2 is 2.26 bits per heavy atom. The number of rotatable bonds is 5. The molecule has 0 unspecified atom stereocenters. The molecule has 102 valence electrons. The van der Waals surface area contributed by atoms with Gasteiger partial charge in [0, 0.05) is 12.4 Å². The molecule has 2 heterocycles. The third-order valence-electron chi connectivity index (χ3n) is 3.02. The number of hydrogen-bond donors (Lipinski definition) is 1. The first-order chi connectivity index (χ1) is 9.07. The average Bonchev–Trinajstić information content (AvgIpc) is 2.83. The molecule has 1 amide bonds. The number of hydrogen-bond acceptors (Lipinski definition) is 4. The van der Waals surface area contributed by atoms with Crippen molar-refractivity contribution in [2.24, 2.45) is 0 Å². The largest absolute Gasteiger partial charge is 0.481 e. The topological polar surface area (TPSA) is 84.7 Å². The third kappa shape index (κ3) is 2.59. The monoisotopic (exact) mass is 265 g/mol. The van der Waals surface area contributed by atoms with E-state index in [1.165, 1.54) is 11.0 Å². The van der Waals surface area contributed by atoms with E-state index in [-0.39, 0.29) is 26.1 Å². The summed E-state index contributed by atoms with van der Waals surface area (Å²) >= 11 is 0. The highest BCUT2D eigenvalue weighted by molar-refractivity contribution is 5.72. The number of carboxylic acid groups (broad SMARTS) is 1. The van der Waals surface area contributed by atoms with Crippen LogP contribution in [0.1, 0.15) is 6.42 Å². The molecule has 0 bridgehead atoms. The van der Waals surface area contributed by atoms with Gasteiger partial charge in [-0.1, -0.05) is 12.7 Å². The summed E-state index contributed by atoms with van der Waals surface area (Å²) in [6.07, 6.45) is 4.22. The maximum absolute atomic E-state index is 11.6. The Morgan fingerprint density at radius 3 is 2.79 bits per heavy atom. The van der Waals surface area contributed by atoms with Crippen LogP contribution in [-0.2, 0) is 15.1 Å². The lowest BCUT2D eigenvalue weighted by Gasteiger charge is -2.48. The molecule has 0 radical (unpaired) electrons. The van der Waals surface area contributed by atoms with Crippen molar-refractivity contribution in [2.45, 2.75) is 12.0 Å². The molecule has 0 aliphatic carbocycles. The molecule has 1 aromatic heterocycles. The Morgan fingerprint density at radius 1 is 1.53 bits per heavy atom. The standard InChI is InChI=1S/C12H15N3O4/c1-2-6-19-11(18)14-8-12(9-14,7-10(16)17)15-5-3-4-13-15/h2-5H,1,6-9H2,(H,16,17). The van der Waals surface area contributed by atoms with Crippen LogP contribution in [0, 0.1) is 0 Å². The number of amides is 1. The van der Waals surface area contributed by atoms with Gasteiger partial charge in [0.05, 0.1) is 19.5 Å². The van der Waals surface area contributed by atoms with Gasteiger partial charge < -0.3 is 14.7 Å². The third-order valence-corrected chi connectivity index (χ3v) is 3.02. The van der Waals surface area contributed by atoms with Gasteiger partial charge in [0.25, 0.3) is 0 Å². The van der Waals surface area contributed by atoms with Crippen molar-refractivity contribution in [1.82, 2.24) is 14.7 Å². The van der Waals surface area contributed by atoms with Gasteiger partial charge in [0.2, 0.25) is 0 Å². The molecule has 0 aromatic carbocycles. The minimum absolute atomic E-state index is 0.0834. The lowest BCUT2D eigenvalue weighted by Crippen LogP contribution is -2.65. The molecule has 1 fully saturated rings. The van der Waals surface area contributed by atoms with Crippen molar-refractivity contribution >= 4 is 12.1 Å². The first-order valence-electron chi connectivity index (χ1n) is 5.82. The number of ether oxygens (including phenoxy) is 1. The fourth-order valence-corrected chi connectivity index (χ4v) is 2.18. The predicted octanol–water partition coefficient (Wildman–Crippen LogP) is 0.691. The molecule has 7 nitrogen and oxygen atoms in total. The lowest BCUT2D eigenvalue weighted by molar-refractivity contribution is -0.142. The summed E-state index contributed by atoms with van der Waals surface area (Å²) in [4.78, 5) is 24.0. The highest BCUT2D eigenvalue weighted by Gasteiger charge is 2.49. The highest BCUT2D eigenvalue weighted by Crippen LogP contribution is 2.32. The molecule has 1 N–H and O–H groups in total. The highest BCUT2D eigenvalue weighted by atomic mass is 16.6. The maximum atomic E-state index is 11.6. The number of carbonyl (C=O) groups excluding carboxylic acids is 1. The summed E-state index contributed by atoms with van der Waals surface area (Å²) in [5.74, 6) is -0.922. The maximum Gasteiger partial charge on any atom is 0.410 e. The quantitative estimate of drug-likeness (QED) is 0.792. The van der Waals surface area contributed by atoms with E-state index in [9.17, 15) is 9.59 Å². The second kappa shape index (κ2) is 5.13. The van der Waals surface area contributed by atoms with E-state index in [0.717, 1.165) is 0 Å². The van der Waals surface area contributed by atoms with Crippen LogP contribution in [0.4, 0.5) is 4.79 Å². The molecule has 1 aromatic rings. The van der Waals surface area contributed by atoms with Crippen molar-refractivity contribution in [1.29, 1.82) is 0 Å². The van der Waals surface area contributed by atoms with E-state index in [1.54, 1.807) is 23.1 Å². The van der Waals surface area contributed by atoms with E-state index in [1.807, 2.05) is 0 Å². The fraction of sp³-hybridized carbons (Fsp3) is 0.417. The Balaban J connectivity index is 2.03. The normalized spacial score (nSPS) is 16.5. The van der Waals surface area contributed by atoms with Gasteiger partial charge in [0.15, 0.2) is 0 Å². The number of nitrogens with zero attached hydrogens (tertiary/aromatic N) is 3. The smallest absolute Gasteiger partial charge is 0.410 e. The minimum Gasteiger partial charge on any atom is -0.481 e. The van der Waals surface area contributed by atoms with Crippen LogP contribution in [0.15, 0.2) is 31.1 Å². The van der Waals surface area contributed by atoms with Crippen molar-refractivity contribution in [3.63, 3.8) is 0 Å². The molecule has 0 spiro atoms. The van der Waals surface area contributed by atoms with Crippen LogP contribution in [0.3, 0.4) is 0 Å². The summed E-state index contributed by atoms with van der Waals surface area (Å²) in [6, 6.07) is 1.72. The molecule has 2 rings (SSSR count). The van der Waals surface area contributed by atoms with Gasteiger partial charge in [-0.25, -0.2) is 4.79 Å². The molecule has 19 heavy (non-hydrogen) atoms. The van der Waals surface area contributed by atoms with Crippen molar-refractivity contribution in [2.75, 3.05) is 19.7 Å². The molecular formula is C12H15N3O4. The predicted molar refractivity (Wildman–Crippen MR) is 65.6 cm³/mol. The van der Waals surface area contributed by atoms with Crippen LogP contribution in [0.25, 0.3) is 0 Å². The van der Waals surface area contributed by atoms with Gasteiger partial charge in [-0.15, -0.1) is 0 Å². The molecule has 7 heteroatoms. The first-order valence-corrected chi connectivity index (χ1v) is 5.82. The van der Waals surface area contributed by atoms with Gasteiger partial charge in [-0.2, -0.15) is 5.10 Å². The first kappa shape index (κ1) is 13.1. The van der Waals surface area contributed by atoms with E-state index < -0.39 is 17.6 Å². The average molecular weight is 265 g/mol. The Bertz CT molecular complexity index is 477. The summed E-state index contributed by atoms with van der Waals surface area (Å²) in [7, 11) is 0. The molecule has 0 atom stereocenters. The van der Waals surface area contributed by atoms with Crippen LogP contribution in [0.2, 0.25) is 0 Å². The second-order valence-electron chi connectivity index (χ2n) is 4.47. The van der Waals surface area contributed by atoms with Crippen LogP contribution in [-0.4, -0.2) is 51.5 Å². The minimum atomic E-state index is -0.922. The lowest BCUT2D eigenvalue weighted by atomic mass is 9.86. The summed E-state index contributed by atoms with van der Waals surface area (Å²) in [5, 5.41) is 13.1. The van der Waals surface area contributed by atoms with Gasteiger partial charge in [0.1, 0.15) is 12.1 Å². The van der Waals surface area contributed by atoms with E-state index in [0.29, 0.717) is 0 Å². The van der Waals surface area contributed by atoms with Gasteiger partial charge in [-0.05, 0) is 6.07 Å². The summed E-state index contributed by atoms with van der Waals surface area (Å²) in [6.45, 7) is 4.15. The van der Waals surface area contributed by atoms with Gasteiger partial charge in [-0.3, -0.25) is 9.48 Å². The van der Waals surface area contributed by atoms with Crippen LogP contribution < -0.4 is 0 Å². The van der Waals surface area contributed by atoms with E-state index in [2.05, 4.69) is 11.7 Å². The zero-order valence-corrected chi connectivity index (χ0v) is 10.4. The molecule has 1 saturated heterocycles. The number of carboxylic acids is 1. The van der Waals surface area contributed by atoms with E-state index in [4.69, 9.17) is 9.84 Å². The molecular weight excluding hydrogens is 250 g/mol. The van der Waals surface area contributed by atoms with Crippen molar-refractivity contribution in [3.05, 3.63) is 31.1 Å². The number of carbonyl (C=O) groups is 2. The SMILES string of the molecule is C=CCOC(=O)N1CC(CC(=O)O)(n2cccn2)C1. The summed E-state index contributed by atoms with van der Waals surface area (Å²) < 4.78 is 6.50. The zero-order valence-electron chi connectivity index (χ0n) is 10.4. The van der Waals surface area contributed by atoms with Gasteiger partial charge >= 0.3 is 12.1 Å². The second-order valence-corrected chi connectivity index (χ2v) is 4.47. The molecule has 1 aliphatic rings. The van der Waals surface area contributed by atoms with E-state index >= 15 is 0 Å². The number of likely N-dealkylation sites (tertiary alicyclic amines) is 1. The molecule has 0 saturated carbocycles. The van der Waals surface area contributed by atoms with Crippen molar-refractivity contribution in [3.8, 4) is 0 Å². The number of aromatic nitrogens is 2. The number of aliphatic carboxylic acids is 1. The van der Waals surface area contributed by atoms with Crippen LogP contribution >= 0.6 is 0 Å². The molecule has 1 aliphatic heterocycles. The Labute approximate surface area is 110 Å². The summed E-state index contributed by atoms with van der Waals surface area (Å²) in [5.41, 5.74) is -0.678.